The van der Waals surface area contributed by atoms with Crippen LogP contribution in [0, 0.1) is 0 Å². The Kier molecular flexibility index (Phi) is 19.5. The molecule has 46 heavy (non-hydrogen) atoms. The molecule has 0 spiro atoms. The normalized spacial score (nSPS) is 19.2. The van der Waals surface area contributed by atoms with E-state index in [-0.39, 0.29) is 29.5 Å². The molecule has 2 rings (SSSR count). The van der Waals surface area contributed by atoms with Crippen LogP contribution in [0.25, 0.3) is 0 Å². The van der Waals surface area contributed by atoms with Crippen molar-refractivity contribution in [1.29, 1.82) is 0 Å². The van der Waals surface area contributed by atoms with E-state index in [0.717, 1.165) is 32.1 Å². The average molecular weight is 649 g/mol. The van der Waals surface area contributed by atoms with Gasteiger partial charge in [0.25, 0.3) is 0 Å². The summed E-state index contributed by atoms with van der Waals surface area (Å²) in [5, 5.41) is 2.97. The van der Waals surface area contributed by atoms with Crippen molar-refractivity contribution in [2.24, 2.45) is 27.9 Å². The predicted molar refractivity (Wildman–Crippen MR) is 184 cm³/mol. The van der Waals surface area contributed by atoms with Crippen molar-refractivity contribution in [2.75, 3.05) is 26.2 Å². The summed E-state index contributed by atoms with van der Waals surface area (Å²) in [6.45, 7) is 4.05. The number of unbranched alkanes of at least 4 members (excludes halogenated alkanes) is 10. The van der Waals surface area contributed by atoms with Crippen molar-refractivity contribution in [3.05, 3.63) is 0 Å². The molecule has 2 aliphatic rings. The van der Waals surface area contributed by atoms with Gasteiger partial charge in [-0.25, -0.2) is 0 Å². The maximum absolute atomic E-state index is 13.9. The first-order chi connectivity index (χ1) is 22.2. The smallest absolute Gasteiger partial charge is 0.245 e. The standard InChI is InChI=1S/C34H64N8O4/c1-2-3-4-5-6-7-8-9-10-11-21-30(43)28-19-15-24-41(28)33(46)27(18-12-13-22-35)40-31(44)29-20-16-25-42(29)32(45)26(36)17-14-23-39-34(37)38/h26-29H,2-25,35-36H2,1H3,(H,40,44)(H4,37,38,39)/t26?,27?,28-,29-/m0/s1. The molecule has 2 unspecified atom stereocenters. The molecule has 4 atom stereocenters. The zero-order valence-electron chi connectivity index (χ0n) is 28.6. The molecule has 2 heterocycles. The maximum Gasteiger partial charge on any atom is 0.245 e. The Morgan fingerprint density at radius 1 is 0.761 bits per heavy atom. The Labute approximate surface area is 277 Å². The van der Waals surface area contributed by atoms with Crippen molar-refractivity contribution in [3.63, 3.8) is 0 Å². The lowest BCUT2D eigenvalue weighted by molar-refractivity contribution is -0.143. The van der Waals surface area contributed by atoms with Gasteiger partial charge in [-0.2, -0.15) is 0 Å². The number of ketones is 1. The van der Waals surface area contributed by atoms with E-state index < -0.39 is 24.2 Å². The third-order valence-electron chi connectivity index (χ3n) is 9.37. The summed E-state index contributed by atoms with van der Waals surface area (Å²) in [6, 6.07) is -2.65. The third-order valence-corrected chi connectivity index (χ3v) is 9.37. The summed E-state index contributed by atoms with van der Waals surface area (Å²) < 4.78 is 0. The second-order valence-electron chi connectivity index (χ2n) is 13.2. The van der Waals surface area contributed by atoms with Gasteiger partial charge >= 0.3 is 0 Å². The number of likely N-dealkylation sites (tertiary alicyclic amines) is 2. The molecule has 12 heteroatoms. The van der Waals surface area contributed by atoms with Gasteiger partial charge in [0.05, 0.1) is 12.1 Å². The first kappa shape index (κ1) is 39.4. The molecule has 0 aromatic heterocycles. The molecule has 0 aromatic rings. The molecule has 264 valence electrons. The number of aliphatic imine (C=N–C) groups is 1. The van der Waals surface area contributed by atoms with Gasteiger partial charge in [-0.1, -0.05) is 64.7 Å². The molecule has 12 nitrogen and oxygen atoms in total. The Balaban J connectivity index is 1.91. The molecule has 0 bridgehead atoms. The lowest BCUT2D eigenvalue weighted by Crippen LogP contribution is -2.56. The van der Waals surface area contributed by atoms with Crippen molar-refractivity contribution in [1.82, 2.24) is 15.1 Å². The first-order valence-corrected chi connectivity index (χ1v) is 18.2. The van der Waals surface area contributed by atoms with Gasteiger partial charge in [-0.15, -0.1) is 0 Å². The lowest BCUT2D eigenvalue weighted by atomic mass is 10.0. The van der Waals surface area contributed by atoms with Gasteiger partial charge in [-0.05, 0) is 70.8 Å². The summed E-state index contributed by atoms with van der Waals surface area (Å²) in [7, 11) is 0. The Bertz CT molecular complexity index is 957. The first-order valence-electron chi connectivity index (χ1n) is 18.2. The van der Waals surface area contributed by atoms with Gasteiger partial charge in [0.15, 0.2) is 11.7 Å². The van der Waals surface area contributed by atoms with Gasteiger partial charge in [0.1, 0.15) is 12.1 Å². The molecular formula is C34H64N8O4. The fourth-order valence-electron chi connectivity index (χ4n) is 6.70. The maximum atomic E-state index is 13.9. The Hall–Kier alpha value is -2.73. The highest BCUT2D eigenvalue weighted by atomic mass is 16.2. The molecule has 0 aromatic carbocycles. The molecular weight excluding hydrogens is 584 g/mol. The van der Waals surface area contributed by atoms with E-state index in [4.69, 9.17) is 22.9 Å². The highest BCUT2D eigenvalue weighted by Crippen LogP contribution is 2.24. The number of amides is 3. The van der Waals surface area contributed by atoms with Crippen LogP contribution in [0.3, 0.4) is 0 Å². The largest absolute Gasteiger partial charge is 0.370 e. The van der Waals surface area contributed by atoms with Gasteiger partial charge in [0, 0.05) is 26.1 Å². The topological polar surface area (TPSA) is 203 Å². The van der Waals surface area contributed by atoms with E-state index >= 15 is 0 Å². The molecule has 0 aliphatic carbocycles. The quantitative estimate of drug-likeness (QED) is 0.0597. The van der Waals surface area contributed by atoms with E-state index in [1.54, 1.807) is 4.90 Å². The number of hydrogen-bond donors (Lipinski definition) is 5. The second kappa shape index (κ2) is 22.7. The Morgan fingerprint density at radius 3 is 1.96 bits per heavy atom. The summed E-state index contributed by atoms with van der Waals surface area (Å²) in [5.41, 5.74) is 22.6. The minimum Gasteiger partial charge on any atom is -0.370 e. The minimum absolute atomic E-state index is 0.00885. The minimum atomic E-state index is -0.768. The van der Waals surface area contributed by atoms with Crippen LogP contribution in [0.1, 0.15) is 135 Å². The SMILES string of the molecule is CCCCCCCCCCCCC(=O)[C@@H]1CCCN1C(=O)C(CCCCN)NC(=O)[C@@H]1CCCN1C(=O)C(N)CCCN=C(N)N. The van der Waals surface area contributed by atoms with Gasteiger partial charge in [-0.3, -0.25) is 24.2 Å². The number of carbonyl (C=O) groups is 4. The van der Waals surface area contributed by atoms with Crippen LogP contribution in [-0.4, -0.2) is 89.6 Å². The fourth-order valence-corrected chi connectivity index (χ4v) is 6.70. The number of nitrogens with zero attached hydrogens (tertiary/aromatic N) is 3. The highest BCUT2D eigenvalue weighted by Gasteiger charge is 2.40. The van der Waals surface area contributed by atoms with E-state index in [9.17, 15) is 19.2 Å². The van der Waals surface area contributed by atoms with Crippen molar-refractivity contribution < 1.29 is 19.2 Å². The monoisotopic (exact) mass is 649 g/mol. The van der Waals surface area contributed by atoms with Crippen molar-refractivity contribution in [2.45, 2.75) is 160 Å². The zero-order chi connectivity index (χ0) is 33.7. The van der Waals surface area contributed by atoms with Crippen LogP contribution in [0.5, 0.6) is 0 Å². The number of nitrogens with two attached hydrogens (primary N) is 4. The third kappa shape index (κ3) is 13.9. The van der Waals surface area contributed by atoms with Gasteiger partial charge in [0.2, 0.25) is 17.7 Å². The zero-order valence-corrected chi connectivity index (χ0v) is 28.6. The summed E-state index contributed by atoms with van der Waals surface area (Å²) in [4.78, 5) is 61.0. The van der Waals surface area contributed by atoms with Gasteiger partial charge < -0.3 is 38.1 Å². The van der Waals surface area contributed by atoms with E-state index in [0.29, 0.717) is 77.5 Å². The van der Waals surface area contributed by atoms with Crippen LogP contribution < -0.4 is 28.3 Å². The second-order valence-corrected chi connectivity index (χ2v) is 13.2. The molecule has 3 amide bonds. The van der Waals surface area contributed by atoms with Crippen molar-refractivity contribution in [3.8, 4) is 0 Å². The predicted octanol–water partition coefficient (Wildman–Crippen LogP) is 2.84. The van der Waals surface area contributed by atoms with Crippen molar-refractivity contribution >= 4 is 29.5 Å². The van der Waals surface area contributed by atoms with E-state index in [2.05, 4.69) is 17.2 Å². The van der Waals surface area contributed by atoms with Crippen LogP contribution >= 0.6 is 0 Å². The van der Waals surface area contributed by atoms with E-state index in [1.165, 1.54) is 49.8 Å². The van der Waals surface area contributed by atoms with Crippen LogP contribution in [0.2, 0.25) is 0 Å². The number of rotatable bonds is 24. The average Bonchev–Trinajstić information content (AvgIpc) is 3.73. The highest BCUT2D eigenvalue weighted by molar-refractivity contribution is 5.95. The van der Waals surface area contributed by atoms with Crippen LogP contribution in [0.15, 0.2) is 4.99 Å². The van der Waals surface area contributed by atoms with Crippen LogP contribution in [0.4, 0.5) is 0 Å². The number of guanidine groups is 1. The summed E-state index contributed by atoms with van der Waals surface area (Å²) in [6.07, 6.45) is 17.9. The summed E-state index contributed by atoms with van der Waals surface area (Å²) in [5.74, 6) is -0.733. The molecule has 2 aliphatic heterocycles. The van der Waals surface area contributed by atoms with E-state index in [1.807, 2.05) is 0 Å². The number of nitrogens with one attached hydrogen (secondary N) is 1. The molecule has 0 radical (unpaired) electrons. The number of hydrogen-bond acceptors (Lipinski definition) is 7. The van der Waals surface area contributed by atoms with Crippen LogP contribution in [-0.2, 0) is 19.2 Å². The molecule has 2 fully saturated rings. The molecule has 0 saturated carbocycles. The molecule has 2 saturated heterocycles. The lowest BCUT2D eigenvalue weighted by Gasteiger charge is -2.31. The molecule has 9 N–H and O–H groups in total. The number of Topliss-reactive ketones (excluding diaryl/α,β-unsaturated/α-hetero) is 1. The number of carbonyl (C=O) groups excluding carboxylic acids is 4. The summed E-state index contributed by atoms with van der Waals surface area (Å²) >= 11 is 0. The Morgan fingerprint density at radius 2 is 1.35 bits per heavy atom. The fraction of sp³-hybridized carbons (Fsp3) is 0.853.